The minimum atomic E-state index is -0.603. The van der Waals surface area contributed by atoms with Crippen LogP contribution < -0.4 is 15.8 Å². The van der Waals surface area contributed by atoms with Gasteiger partial charge in [-0.2, -0.15) is 0 Å². The van der Waals surface area contributed by atoms with E-state index in [9.17, 15) is 4.79 Å². The van der Waals surface area contributed by atoms with Gasteiger partial charge in [0.25, 0.3) is 0 Å². The average Bonchev–Trinajstić information content (AvgIpc) is 2.62. The number of nitrogens with two attached hydrogens (primary N) is 1. The van der Waals surface area contributed by atoms with Gasteiger partial charge in [-0.25, -0.2) is 0 Å². The van der Waals surface area contributed by atoms with E-state index in [2.05, 4.69) is 40.0 Å². The maximum atomic E-state index is 11.6. The number of likely N-dealkylation sites (N-methyl/N-ethyl adjacent to an activating group) is 1. The lowest BCUT2D eigenvalue weighted by Crippen LogP contribution is -2.43. The fourth-order valence-electron chi connectivity index (χ4n) is 1.78. The van der Waals surface area contributed by atoms with Crippen LogP contribution in [0.2, 0.25) is 0 Å². The molecule has 20 heavy (non-hydrogen) atoms. The molecule has 110 valence electrons. The first kappa shape index (κ1) is 15.3. The zero-order valence-electron chi connectivity index (χ0n) is 12.2. The monoisotopic (exact) mass is 341 g/mol. The summed E-state index contributed by atoms with van der Waals surface area (Å²) in [5.74, 6) is 0.519. The molecule has 2 rings (SSSR count). The van der Waals surface area contributed by atoms with Gasteiger partial charge in [0.2, 0.25) is 5.91 Å². The normalized spacial score (nSPS) is 18.1. The Bertz CT molecular complexity index is 543. The number of hydrogen-bond acceptors (Lipinski definition) is 4. The van der Waals surface area contributed by atoms with Gasteiger partial charge in [-0.3, -0.25) is 4.79 Å². The van der Waals surface area contributed by atoms with Crippen molar-refractivity contribution in [1.29, 1.82) is 0 Å². The molecule has 0 aromatic heterocycles. The van der Waals surface area contributed by atoms with Crippen LogP contribution in [0.4, 0.5) is 5.69 Å². The predicted molar refractivity (Wildman–Crippen MR) is 83.0 cm³/mol. The summed E-state index contributed by atoms with van der Waals surface area (Å²) in [5, 5.41) is 2.76. The molecule has 1 amide bonds. The molecule has 1 aromatic rings. The Morgan fingerprint density at radius 3 is 2.70 bits per heavy atom. The molecule has 0 saturated carbocycles. The Kier molecular flexibility index (Phi) is 4.09. The molecule has 5 nitrogen and oxygen atoms in total. The molecule has 1 aromatic carbocycles. The Balaban J connectivity index is 2.19. The number of ether oxygens (including phenoxy) is 1. The maximum absolute atomic E-state index is 11.6. The molecule has 0 spiro atoms. The van der Waals surface area contributed by atoms with Gasteiger partial charge in [-0.15, -0.1) is 0 Å². The second kappa shape index (κ2) is 5.35. The van der Waals surface area contributed by atoms with Gasteiger partial charge in [0.1, 0.15) is 18.4 Å². The number of hydrogen-bond donors (Lipinski definition) is 2. The number of fused-ring (bicyclic) bond motifs is 1. The topological polar surface area (TPSA) is 67.6 Å². The van der Waals surface area contributed by atoms with Crippen molar-refractivity contribution in [2.75, 3.05) is 26.0 Å². The fourth-order valence-corrected chi connectivity index (χ4v) is 2.26. The Labute approximate surface area is 127 Å². The van der Waals surface area contributed by atoms with E-state index in [1.165, 1.54) is 0 Å². The van der Waals surface area contributed by atoms with Gasteiger partial charge in [-0.1, -0.05) is 0 Å². The van der Waals surface area contributed by atoms with Crippen LogP contribution in [0.25, 0.3) is 0 Å². The van der Waals surface area contributed by atoms with E-state index < -0.39 is 6.04 Å². The summed E-state index contributed by atoms with van der Waals surface area (Å²) in [6.45, 7) is 4.75. The van der Waals surface area contributed by atoms with Crippen LogP contribution in [0, 0.1) is 0 Å². The quantitative estimate of drug-likeness (QED) is 0.880. The Morgan fingerprint density at radius 1 is 1.45 bits per heavy atom. The summed E-state index contributed by atoms with van der Waals surface area (Å²) in [6, 6.07) is 3.06. The molecule has 0 fully saturated rings. The zero-order chi connectivity index (χ0) is 15.1. The average molecular weight is 342 g/mol. The number of carbonyl (C=O) groups is 1. The number of anilines is 1. The minimum absolute atomic E-state index is 0.0852. The SMILES string of the molecule is CN(C)C(C)(C)COc1cc2c(cc1Br)C(N)C(=O)N2. The van der Waals surface area contributed by atoms with E-state index in [1.54, 1.807) is 0 Å². The largest absolute Gasteiger partial charge is 0.490 e. The van der Waals surface area contributed by atoms with Crippen molar-refractivity contribution in [2.45, 2.75) is 25.4 Å². The number of amides is 1. The van der Waals surface area contributed by atoms with Crippen LogP contribution in [0.5, 0.6) is 5.75 Å². The van der Waals surface area contributed by atoms with Crippen LogP contribution in [-0.4, -0.2) is 37.0 Å². The summed E-state index contributed by atoms with van der Waals surface area (Å²) in [4.78, 5) is 13.7. The summed E-state index contributed by atoms with van der Waals surface area (Å²) in [7, 11) is 4.03. The highest BCUT2D eigenvalue weighted by Crippen LogP contribution is 2.38. The molecule has 3 N–H and O–H groups in total. The van der Waals surface area contributed by atoms with Crippen LogP contribution in [0.1, 0.15) is 25.5 Å². The standard InChI is InChI=1S/C14H20BrN3O2/c1-14(2,18(3)4)7-20-11-6-10-8(5-9(11)15)12(16)13(19)17-10/h5-6,12H,7,16H2,1-4H3,(H,17,19). The third-order valence-corrected chi connectivity index (χ3v) is 4.39. The minimum Gasteiger partial charge on any atom is -0.490 e. The number of carbonyl (C=O) groups excluding carboxylic acids is 1. The molecule has 1 unspecified atom stereocenters. The van der Waals surface area contributed by atoms with Gasteiger partial charge < -0.3 is 20.7 Å². The van der Waals surface area contributed by atoms with E-state index in [0.717, 1.165) is 15.7 Å². The Morgan fingerprint density at radius 2 is 2.10 bits per heavy atom. The first-order valence-corrected chi connectivity index (χ1v) is 7.22. The van der Waals surface area contributed by atoms with E-state index >= 15 is 0 Å². The van der Waals surface area contributed by atoms with Crippen molar-refractivity contribution < 1.29 is 9.53 Å². The summed E-state index contributed by atoms with van der Waals surface area (Å²) in [6.07, 6.45) is 0. The smallest absolute Gasteiger partial charge is 0.245 e. The predicted octanol–water partition coefficient (Wildman–Crippen LogP) is 2.12. The van der Waals surface area contributed by atoms with E-state index in [1.807, 2.05) is 26.2 Å². The molecule has 6 heteroatoms. The highest BCUT2D eigenvalue weighted by atomic mass is 79.9. The molecule has 0 aliphatic carbocycles. The number of nitrogens with one attached hydrogen (secondary N) is 1. The van der Waals surface area contributed by atoms with E-state index in [0.29, 0.717) is 12.4 Å². The molecular formula is C14H20BrN3O2. The molecule has 1 aliphatic heterocycles. The number of nitrogens with zero attached hydrogens (tertiary/aromatic N) is 1. The van der Waals surface area contributed by atoms with Crippen molar-refractivity contribution >= 4 is 27.5 Å². The van der Waals surface area contributed by atoms with Crippen molar-refractivity contribution in [3.63, 3.8) is 0 Å². The van der Waals surface area contributed by atoms with Gasteiger partial charge in [0, 0.05) is 22.9 Å². The summed E-state index contributed by atoms with van der Waals surface area (Å²) >= 11 is 3.47. The van der Waals surface area contributed by atoms with Gasteiger partial charge >= 0.3 is 0 Å². The third kappa shape index (κ3) is 2.82. The van der Waals surface area contributed by atoms with Crippen molar-refractivity contribution in [3.8, 4) is 5.75 Å². The van der Waals surface area contributed by atoms with Crippen molar-refractivity contribution in [1.82, 2.24) is 4.90 Å². The zero-order valence-corrected chi connectivity index (χ0v) is 13.7. The maximum Gasteiger partial charge on any atom is 0.245 e. The lowest BCUT2D eigenvalue weighted by atomic mass is 10.1. The van der Waals surface area contributed by atoms with Crippen molar-refractivity contribution in [3.05, 3.63) is 22.2 Å². The van der Waals surface area contributed by atoms with Crippen LogP contribution in [0.15, 0.2) is 16.6 Å². The van der Waals surface area contributed by atoms with Crippen molar-refractivity contribution in [2.24, 2.45) is 5.73 Å². The highest BCUT2D eigenvalue weighted by molar-refractivity contribution is 9.10. The van der Waals surface area contributed by atoms with E-state index in [4.69, 9.17) is 10.5 Å². The lowest BCUT2D eigenvalue weighted by molar-refractivity contribution is -0.116. The second-order valence-corrected chi connectivity index (χ2v) is 6.69. The first-order valence-electron chi connectivity index (χ1n) is 6.42. The van der Waals surface area contributed by atoms with Gasteiger partial charge in [0.05, 0.1) is 4.47 Å². The fraction of sp³-hybridized carbons (Fsp3) is 0.500. The second-order valence-electron chi connectivity index (χ2n) is 5.83. The number of benzene rings is 1. The van der Waals surface area contributed by atoms with E-state index in [-0.39, 0.29) is 11.4 Å². The first-order chi connectivity index (χ1) is 9.22. The van der Waals surface area contributed by atoms with Crippen LogP contribution >= 0.6 is 15.9 Å². The van der Waals surface area contributed by atoms with Gasteiger partial charge in [-0.05, 0) is 49.9 Å². The van der Waals surface area contributed by atoms with Crippen LogP contribution in [0.3, 0.4) is 0 Å². The molecular weight excluding hydrogens is 322 g/mol. The summed E-state index contributed by atoms with van der Waals surface area (Å²) in [5.41, 5.74) is 7.24. The molecule has 0 saturated heterocycles. The van der Waals surface area contributed by atoms with Gasteiger partial charge in [0.15, 0.2) is 0 Å². The third-order valence-electron chi connectivity index (χ3n) is 3.77. The Hall–Kier alpha value is -1.11. The number of rotatable bonds is 4. The molecule has 1 heterocycles. The number of halogens is 1. The molecule has 1 atom stereocenters. The highest BCUT2D eigenvalue weighted by Gasteiger charge is 2.29. The lowest BCUT2D eigenvalue weighted by Gasteiger charge is -2.32. The van der Waals surface area contributed by atoms with Crippen LogP contribution in [-0.2, 0) is 4.79 Å². The summed E-state index contributed by atoms with van der Waals surface area (Å²) < 4.78 is 6.68. The molecule has 0 radical (unpaired) electrons. The molecule has 1 aliphatic rings. The molecule has 0 bridgehead atoms.